The van der Waals surface area contributed by atoms with Gasteiger partial charge >= 0.3 is 5.91 Å². The highest BCUT2D eigenvalue weighted by Crippen LogP contribution is 2.18. The molecule has 0 aliphatic rings. The van der Waals surface area contributed by atoms with Crippen molar-refractivity contribution >= 4 is 11.7 Å². The van der Waals surface area contributed by atoms with Gasteiger partial charge in [-0.2, -0.15) is 0 Å². The van der Waals surface area contributed by atoms with Crippen molar-refractivity contribution in [1.29, 1.82) is 0 Å². The molecule has 1 aromatic rings. The summed E-state index contributed by atoms with van der Waals surface area (Å²) < 4.78 is 0. The van der Waals surface area contributed by atoms with Crippen LogP contribution in [0.1, 0.15) is 23.7 Å². The van der Waals surface area contributed by atoms with Crippen LogP contribution in [0.15, 0.2) is 24.3 Å². The quantitative estimate of drug-likeness (QED) is 0.384. The highest BCUT2D eigenvalue weighted by molar-refractivity contribution is 6.35. The van der Waals surface area contributed by atoms with Crippen molar-refractivity contribution in [3.05, 3.63) is 35.4 Å². The first-order valence-electron chi connectivity index (χ1n) is 5.83. The van der Waals surface area contributed by atoms with Gasteiger partial charge in [0.25, 0.3) is 0 Å². The number of carbonyl (C=O) groups is 2. The van der Waals surface area contributed by atoms with Gasteiger partial charge in [-0.05, 0) is 17.5 Å². The molecule has 0 fully saturated rings. The number of hydrogen-bond donors (Lipinski definition) is 3. The largest absolute Gasteiger partial charge is 0.396 e. The molecular formula is C13H17NO5. The van der Waals surface area contributed by atoms with Gasteiger partial charge in [-0.1, -0.05) is 24.3 Å². The van der Waals surface area contributed by atoms with Gasteiger partial charge in [-0.15, -0.1) is 0 Å². The number of amides is 1. The lowest BCUT2D eigenvalue weighted by Gasteiger charge is -2.12. The minimum Gasteiger partial charge on any atom is -0.396 e. The van der Waals surface area contributed by atoms with Crippen molar-refractivity contribution in [2.45, 2.75) is 18.9 Å². The van der Waals surface area contributed by atoms with E-state index >= 15 is 0 Å². The van der Waals surface area contributed by atoms with Crippen molar-refractivity contribution in [3.8, 4) is 0 Å². The number of nitrogens with zero attached hydrogens (tertiary/aromatic N) is 1. The van der Waals surface area contributed by atoms with Crippen LogP contribution in [0.3, 0.4) is 0 Å². The number of hydroxylamine groups is 2. The Hall–Kier alpha value is -1.76. The molecule has 19 heavy (non-hydrogen) atoms. The number of benzene rings is 1. The Morgan fingerprint density at radius 3 is 2.32 bits per heavy atom. The number of likely N-dealkylation sites (N-methyl/N-ethyl adjacent to an activating group) is 1. The van der Waals surface area contributed by atoms with E-state index in [1.165, 1.54) is 0 Å². The first-order valence-corrected chi connectivity index (χ1v) is 5.83. The standard InChI is InChI=1S/C13H17NO5/c1-14(19)13(18)12(17)8-11(16)10-4-2-9(3-5-10)6-7-15/h2-5,11,15-16,19H,6-8H2,1H3. The summed E-state index contributed by atoms with van der Waals surface area (Å²) in [7, 11) is 1.05. The molecule has 0 radical (unpaired) electrons. The predicted octanol–water partition coefficient (Wildman–Crippen LogP) is 0.0616. The highest BCUT2D eigenvalue weighted by atomic mass is 16.5. The number of Topliss-reactive ketones (excluding diaryl/α,β-unsaturated/α-hetero) is 1. The van der Waals surface area contributed by atoms with Crippen LogP contribution in [-0.2, 0) is 16.0 Å². The first kappa shape index (κ1) is 15.3. The molecule has 104 valence electrons. The summed E-state index contributed by atoms with van der Waals surface area (Å²) in [6.07, 6.45) is -0.966. The van der Waals surface area contributed by atoms with E-state index < -0.39 is 17.8 Å². The topological polar surface area (TPSA) is 98.1 Å². The third-order valence-electron chi connectivity index (χ3n) is 2.68. The molecule has 3 N–H and O–H groups in total. The average molecular weight is 267 g/mol. The molecule has 0 saturated heterocycles. The second kappa shape index (κ2) is 6.98. The van der Waals surface area contributed by atoms with Crippen molar-refractivity contribution in [2.24, 2.45) is 0 Å². The van der Waals surface area contributed by atoms with Crippen molar-refractivity contribution in [1.82, 2.24) is 5.06 Å². The monoisotopic (exact) mass is 267 g/mol. The van der Waals surface area contributed by atoms with Crippen LogP contribution in [-0.4, -0.2) is 45.8 Å². The van der Waals surface area contributed by atoms with Crippen molar-refractivity contribution in [3.63, 3.8) is 0 Å². The van der Waals surface area contributed by atoms with Gasteiger partial charge < -0.3 is 10.2 Å². The number of aliphatic hydroxyl groups excluding tert-OH is 2. The molecule has 6 nitrogen and oxygen atoms in total. The third-order valence-corrected chi connectivity index (χ3v) is 2.68. The van der Waals surface area contributed by atoms with Crippen LogP contribution in [0, 0.1) is 0 Å². The summed E-state index contributed by atoms with van der Waals surface area (Å²) in [6.45, 7) is 0.0394. The fraction of sp³-hybridized carbons (Fsp3) is 0.385. The van der Waals surface area contributed by atoms with Crippen LogP contribution in [0.5, 0.6) is 0 Å². The fourth-order valence-electron chi connectivity index (χ4n) is 1.60. The minimum atomic E-state index is -1.10. The fourth-order valence-corrected chi connectivity index (χ4v) is 1.60. The maximum atomic E-state index is 11.4. The average Bonchev–Trinajstić information content (AvgIpc) is 2.38. The smallest absolute Gasteiger partial charge is 0.313 e. The van der Waals surface area contributed by atoms with Crippen LogP contribution in [0.4, 0.5) is 0 Å². The highest BCUT2D eigenvalue weighted by Gasteiger charge is 2.21. The van der Waals surface area contributed by atoms with E-state index in [1.54, 1.807) is 24.3 Å². The van der Waals surface area contributed by atoms with E-state index in [0.717, 1.165) is 12.6 Å². The molecule has 0 spiro atoms. The maximum Gasteiger partial charge on any atom is 0.313 e. The number of ketones is 1. The van der Waals surface area contributed by atoms with Crippen LogP contribution in [0.2, 0.25) is 0 Å². The van der Waals surface area contributed by atoms with Gasteiger partial charge in [0, 0.05) is 20.1 Å². The second-order valence-electron chi connectivity index (χ2n) is 4.19. The molecule has 0 aliphatic carbocycles. The van der Waals surface area contributed by atoms with Crippen molar-refractivity contribution in [2.75, 3.05) is 13.7 Å². The van der Waals surface area contributed by atoms with E-state index in [1.807, 2.05) is 0 Å². The lowest BCUT2D eigenvalue weighted by molar-refractivity contribution is -0.166. The summed E-state index contributed by atoms with van der Waals surface area (Å²) in [5.74, 6) is -1.92. The van der Waals surface area contributed by atoms with E-state index in [0.29, 0.717) is 12.0 Å². The summed E-state index contributed by atoms with van der Waals surface area (Å²) in [5, 5.41) is 27.6. The van der Waals surface area contributed by atoms with Gasteiger partial charge in [0.1, 0.15) is 0 Å². The molecule has 0 aromatic heterocycles. The van der Waals surface area contributed by atoms with Gasteiger partial charge in [-0.3, -0.25) is 14.8 Å². The van der Waals surface area contributed by atoms with Crippen LogP contribution in [0.25, 0.3) is 0 Å². The van der Waals surface area contributed by atoms with E-state index in [2.05, 4.69) is 0 Å². The Labute approximate surface area is 110 Å². The maximum absolute atomic E-state index is 11.4. The molecule has 1 atom stereocenters. The number of aliphatic hydroxyl groups is 2. The van der Waals surface area contributed by atoms with Gasteiger partial charge in [0.2, 0.25) is 5.78 Å². The molecular weight excluding hydrogens is 250 g/mol. The lowest BCUT2D eigenvalue weighted by atomic mass is 10.0. The zero-order valence-corrected chi connectivity index (χ0v) is 10.6. The van der Waals surface area contributed by atoms with E-state index in [9.17, 15) is 14.7 Å². The molecule has 1 amide bonds. The predicted molar refractivity (Wildman–Crippen MR) is 66.4 cm³/mol. The first-order chi connectivity index (χ1) is 8.95. The summed E-state index contributed by atoms with van der Waals surface area (Å²) in [4.78, 5) is 22.5. The number of carbonyl (C=O) groups excluding carboxylic acids is 2. The Balaban J connectivity index is 2.65. The third kappa shape index (κ3) is 4.44. The van der Waals surface area contributed by atoms with Crippen molar-refractivity contribution < 1.29 is 25.0 Å². The van der Waals surface area contributed by atoms with Gasteiger partial charge in [0.05, 0.1) is 6.10 Å². The molecule has 0 aliphatic heterocycles. The number of hydrogen-bond acceptors (Lipinski definition) is 5. The summed E-state index contributed by atoms with van der Waals surface area (Å²) in [6, 6.07) is 6.74. The van der Waals surface area contributed by atoms with E-state index in [-0.39, 0.29) is 18.1 Å². The lowest BCUT2D eigenvalue weighted by Crippen LogP contribution is -2.31. The zero-order chi connectivity index (χ0) is 14.4. The number of rotatable bonds is 6. The SMILES string of the molecule is CN(O)C(=O)C(=O)CC(O)c1ccc(CCO)cc1. The molecule has 6 heteroatoms. The molecule has 1 unspecified atom stereocenters. The Kier molecular flexibility index (Phi) is 5.62. The minimum absolute atomic E-state index is 0.0394. The van der Waals surface area contributed by atoms with Gasteiger partial charge in [0.15, 0.2) is 0 Å². The molecule has 0 heterocycles. The Morgan fingerprint density at radius 2 is 1.84 bits per heavy atom. The second-order valence-corrected chi connectivity index (χ2v) is 4.19. The molecule has 0 bridgehead atoms. The zero-order valence-electron chi connectivity index (χ0n) is 10.6. The molecule has 0 saturated carbocycles. The molecule has 1 rings (SSSR count). The molecule has 1 aromatic carbocycles. The van der Waals surface area contributed by atoms with Gasteiger partial charge in [-0.25, -0.2) is 5.06 Å². The van der Waals surface area contributed by atoms with E-state index in [4.69, 9.17) is 10.3 Å². The normalized spacial score (nSPS) is 12.0. The van der Waals surface area contributed by atoms with Crippen LogP contribution >= 0.6 is 0 Å². The van der Waals surface area contributed by atoms with Crippen LogP contribution < -0.4 is 0 Å². The summed E-state index contributed by atoms with van der Waals surface area (Å²) >= 11 is 0. The Bertz CT molecular complexity index is 441. The Morgan fingerprint density at radius 1 is 1.26 bits per heavy atom. The summed E-state index contributed by atoms with van der Waals surface area (Å²) in [5.41, 5.74) is 1.42.